The van der Waals surface area contributed by atoms with Crippen LogP contribution in [0.25, 0.3) is 11.1 Å². The number of nitrogens with one attached hydrogen (secondary N) is 1. The van der Waals surface area contributed by atoms with E-state index in [0.29, 0.717) is 12.2 Å². The normalized spacial score (nSPS) is 11.8. The van der Waals surface area contributed by atoms with Crippen molar-refractivity contribution in [1.29, 1.82) is 0 Å². The van der Waals surface area contributed by atoms with Crippen LogP contribution in [0.15, 0.2) is 36.4 Å². The Kier molecular flexibility index (Phi) is 7.09. The molecule has 1 atom stereocenters. The van der Waals surface area contributed by atoms with E-state index in [0.717, 1.165) is 6.07 Å². The summed E-state index contributed by atoms with van der Waals surface area (Å²) in [5.41, 5.74) is 0.218. The molecular weight excluding hydrogens is 368 g/mol. The smallest absolute Gasteiger partial charge is 0.328 e. The van der Waals surface area contributed by atoms with Crippen molar-refractivity contribution in [3.63, 3.8) is 0 Å². The highest BCUT2D eigenvalue weighted by Crippen LogP contribution is 2.27. The number of amides is 1. The second kappa shape index (κ2) is 9.30. The molecule has 1 amide bonds. The number of rotatable bonds is 7. The number of halogens is 2. The Morgan fingerprint density at radius 1 is 1.04 bits per heavy atom. The summed E-state index contributed by atoms with van der Waals surface area (Å²) in [6.07, 6.45) is 0.356. The fourth-order valence-electron chi connectivity index (χ4n) is 2.79. The largest absolute Gasteiger partial charge is 0.497 e. The van der Waals surface area contributed by atoms with Crippen LogP contribution in [0.2, 0.25) is 0 Å². The second-order valence-corrected chi connectivity index (χ2v) is 6.72. The Morgan fingerprint density at radius 3 is 2.29 bits per heavy atom. The third kappa shape index (κ3) is 5.06. The number of carbonyl (C=O) groups is 2. The maximum atomic E-state index is 14.5. The third-order valence-corrected chi connectivity index (χ3v) is 4.20. The molecule has 5 nitrogen and oxygen atoms in total. The molecule has 2 aromatic carbocycles. The molecule has 0 aromatic heterocycles. The maximum absolute atomic E-state index is 14.5. The van der Waals surface area contributed by atoms with Crippen molar-refractivity contribution in [2.24, 2.45) is 5.92 Å². The molecular formula is C21H23F2NO4. The Labute approximate surface area is 162 Å². The van der Waals surface area contributed by atoms with Gasteiger partial charge >= 0.3 is 5.97 Å². The van der Waals surface area contributed by atoms with Gasteiger partial charge in [0.05, 0.1) is 19.8 Å². The van der Waals surface area contributed by atoms with Gasteiger partial charge in [-0.1, -0.05) is 19.9 Å². The molecule has 1 N–H and O–H groups in total. The van der Waals surface area contributed by atoms with Gasteiger partial charge in [0.25, 0.3) is 5.91 Å². The Morgan fingerprint density at radius 2 is 1.75 bits per heavy atom. The first kappa shape index (κ1) is 21.3. The van der Waals surface area contributed by atoms with Crippen molar-refractivity contribution in [3.8, 4) is 16.9 Å². The first-order chi connectivity index (χ1) is 13.3. The summed E-state index contributed by atoms with van der Waals surface area (Å²) in [5, 5.41) is 2.50. The van der Waals surface area contributed by atoms with Gasteiger partial charge in [-0.3, -0.25) is 4.79 Å². The number of esters is 1. The number of carbonyl (C=O) groups excluding carboxylic acids is 2. The van der Waals surface area contributed by atoms with Gasteiger partial charge in [-0.05, 0) is 42.2 Å². The zero-order valence-corrected chi connectivity index (χ0v) is 16.2. The van der Waals surface area contributed by atoms with E-state index in [1.54, 1.807) is 6.07 Å². The lowest BCUT2D eigenvalue weighted by molar-refractivity contribution is -0.143. The summed E-state index contributed by atoms with van der Waals surface area (Å²) in [7, 11) is 2.64. The van der Waals surface area contributed by atoms with Gasteiger partial charge in [0, 0.05) is 11.6 Å². The average Bonchev–Trinajstić information content (AvgIpc) is 2.66. The summed E-state index contributed by atoms with van der Waals surface area (Å²) in [6, 6.07) is 7.13. The lowest BCUT2D eigenvalue weighted by Crippen LogP contribution is -2.42. The molecule has 0 fully saturated rings. The van der Waals surface area contributed by atoms with Crippen LogP contribution in [0.1, 0.15) is 30.6 Å². The van der Waals surface area contributed by atoms with Crippen LogP contribution >= 0.6 is 0 Å². The van der Waals surface area contributed by atoms with Crippen molar-refractivity contribution >= 4 is 11.9 Å². The van der Waals surface area contributed by atoms with Crippen LogP contribution in [-0.4, -0.2) is 32.1 Å². The second-order valence-electron chi connectivity index (χ2n) is 6.72. The predicted molar refractivity (Wildman–Crippen MR) is 101 cm³/mol. The molecule has 0 aliphatic heterocycles. The Hall–Kier alpha value is -2.96. The molecule has 2 aromatic rings. The van der Waals surface area contributed by atoms with Gasteiger partial charge in [0.2, 0.25) is 0 Å². The van der Waals surface area contributed by atoms with E-state index in [2.05, 4.69) is 10.1 Å². The third-order valence-electron chi connectivity index (χ3n) is 4.20. The summed E-state index contributed by atoms with van der Waals surface area (Å²) in [4.78, 5) is 24.3. The first-order valence-corrected chi connectivity index (χ1v) is 8.79. The van der Waals surface area contributed by atoms with Crippen LogP contribution in [0.4, 0.5) is 8.78 Å². The molecule has 0 aliphatic rings. The molecule has 0 spiro atoms. The summed E-state index contributed by atoms with van der Waals surface area (Å²) >= 11 is 0. The number of hydrogen-bond donors (Lipinski definition) is 1. The van der Waals surface area contributed by atoms with E-state index < -0.39 is 29.6 Å². The molecule has 1 unspecified atom stereocenters. The van der Waals surface area contributed by atoms with Crippen LogP contribution in [-0.2, 0) is 9.53 Å². The number of hydrogen-bond acceptors (Lipinski definition) is 4. The highest BCUT2D eigenvalue weighted by atomic mass is 19.1. The molecule has 0 aliphatic carbocycles. The lowest BCUT2D eigenvalue weighted by atomic mass is 10.0. The zero-order valence-electron chi connectivity index (χ0n) is 16.2. The van der Waals surface area contributed by atoms with Gasteiger partial charge in [-0.25, -0.2) is 13.6 Å². The van der Waals surface area contributed by atoms with E-state index in [1.165, 1.54) is 38.5 Å². The lowest BCUT2D eigenvalue weighted by Gasteiger charge is -2.18. The summed E-state index contributed by atoms with van der Waals surface area (Å²) in [6.45, 7) is 3.78. The van der Waals surface area contributed by atoms with Crippen LogP contribution in [0.3, 0.4) is 0 Å². The molecule has 7 heteroatoms. The highest BCUT2D eigenvalue weighted by molar-refractivity contribution is 5.97. The minimum Gasteiger partial charge on any atom is -0.497 e. The molecule has 0 bridgehead atoms. The summed E-state index contributed by atoms with van der Waals surface area (Å²) in [5.74, 6) is -2.27. The van der Waals surface area contributed by atoms with Gasteiger partial charge in [-0.2, -0.15) is 0 Å². The van der Waals surface area contributed by atoms with Crippen LogP contribution < -0.4 is 10.1 Å². The minimum absolute atomic E-state index is 0.120. The monoisotopic (exact) mass is 391 g/mol. The van der Waals surface area contributed by atoms with E-state index in [4.69, 9.17) is 4.74 Å². The van der Waals surface area contributed by atoms with Gasteiger partial charge in [-0.15, -0.1) is 0 Å². The topological polar surface area (TPSA) is 64.6 Å². The molecule has 150 valence electrons. The average molecular weight is 391 g/mol. The highest BCUT2D eigenvalue weighted by Gasteiger charge is 2.24. The van der Waals surface area contributed by atoms with Gasteiger partial charge in [0.15, 0.2) is 0 Å². The van der Waals surface area contributed by atoms with Crippen molar-refractivity contribution in [3.05, 3.63) is 53.6 Å². The van der Waals surface area contributed by atoms with Crippen molar-refractivity contribution in [2.75, 3.05) is 14.2 Å². The number of methoxy groups -OCH3 is 2. The number of benzene rings is 2. The molecule has 0 heterocycles. The van der Waals surface area contributed by atoms with Crippen LogP contribution in [0, 0.1) is 17.6 Å². The predicted octanol–water partition coefficient (Wildman–Crippen LogP) is 3.96. The minimum atomic E-state index is -0.879. The van der Waals surface area contributed by atoms with E-state index >= 15 is 0 Å². The Bertz CT molecular complexity index is 867. The van der Waals surface area contributed by atoms with Gasteiger partial charge < -0.3 is 14.8 Å². The SMILES string of the molecule is COC(=O)C(CC(C)C)NC(=O)c1ccc(-c2ccc(OC)cc2F)cc1F. The fourth-order valence-corrected chi connectivity index (χ4v) is 2.79. The molecule has 0 saturated carbocycles. The molecule has 28 heavy (non-hydrogen) atoms. The fraction of sp³-hybridized carbons (Fsp3) is 0.333. The van der Waals surface area contributed by atoms with E-state index in [9.17, 15) is 18.4 Å². The standard InChI is InChI=1S/C21H23F2NO4/c1-12(2)9-19(21(26)28-4)24-20(25)16-7-5-13(10-17(16)22)15-8-6-14(27-3)11-18(15)23/h5-8,10-12,19H,9H2,1-4H3,(H,24,25). The maximum Gasteiger partial charge on any atom is 0.328 e. The van der Waals surface area contributed by atoms with Crippen molar-refractivity contribution < 1.29 is 27.8 Å². The van der Waals surface area contributed by atoms with E-state index in [-0.39, 0.29) is 22.6 Å². The molecule has 0 radical (unpaired) electrons. The van der Waals surface area contributed by atoms with Crippen molar-refractivity contribution in [2.45, 2.75) is 26.3 Å². The van der Waals surface area contributed by atoms with E-state index in [1.807, 2.05) is 13.8 Å². The summed E-state index contributed by atoms with van der Waals surface area (Å²) < 4.78 is 38.4. The van der Waals surface area contributed by atoms with Crippen molar-refractivity contribution in [1.82, 2.24) is 5.32 Å². The van der Waals surface area contributed by atoms with Gasteiger partial charge in [0.1, 0.15) is 23.4 Å². The quantitative estimate of drug-likeness (QED) is 0.726. The first-order valence-electron chi connectivity index (χ1n) is 8.79. The van der Waals surface area contributed by atoms with Crippen LogP contribution in [0.5, 0.6) is 5.75 Å². The zero-order chi connectivity index (χ0) is 20.8. The number of ether oxygens (including phenoxy) is 2. The molecule has 2 rings (SSSR count). The molecule has 0 saturated heterocycles. The Balaban J connectivity index is 2.25.